The van der Waals surface area contributed by atoms with E-state index in [0.717, 1.165) is 17.5 Å². The first-order chi connectivity index (χ1) is 9.16. The van der Waals surface area contributed by atoms with Crippen LogP contribution in [0, 0.1) is 13.8 Å². The molecule has 0 fully saturated rings. The highest BCUT2D eigenvalue weighted by molar-refractivity contribution is 5.42. The number of fused-ring (bicyclic) bond motifs is 1. The largest absolute Gasteiger partial charge is 0.384 e. The average molecular weight is 252 g/mol. The maximum absolute atomic E-state index is 10.6. The van der Waals surface area contributed by atoms with Gasteiger partial charge in [-0.05, 0) is 66.5 Å². The average Bonchev–Trinajstić information content (AvgIpc) is 2.88. The summed E-state index contributed by atoms with van der Waals surface area (Å²) in [6.07, 6.45) is 3.08. The third-order valence-electron chi connectivity index (χ3n) is 4.38. The summed E-state index contributed by atoms with van der Waals surface area (Å²) in [7, 11) is 0. The van der Waals surface area contributed by atoms with Gasteiger partial charge in [0.05, 0.1) is 0 Å². The number of aliphatic hydroxyl groups excluding tert-OH is 1. The first-order valence-corrected chi connectivity index (χ1v) is 7.02. The van der Waals surface area contributed by atoms with Crippen molar-refractivity contribution in [1.29, 1.82) is 0 Å². The van der Waals surface area contributed by atoms with Crippen LogP contribution >= 0.6 is 0 Å². The highest BCUT2D eigenvalue weighted by Gasteiger charge is 2.17. The fourth-order valence-corrected chi connectivity index (χ4v) is 3.01. The monoisotopic (exact) mass is 252 g/mol. The SMILES string of the molecule is Cc1cccc(C(O)c2ccc3c(c2)CCC3)c1C. The standard InChI is InChI=1S/C18H20O/c1-12-5-3-8-17(13(12)2)18(19)16-10-9-14-6-4-7-15(14)11-16/h3,5,8-11,18-19H,4,6-7H2,1-2H3. The molecule has 0 amide bonds. The minimum Gasteiger partial charge on any atom is -0.384 e. The Morgan fingerprint density at radius 1 is 1.00 bits per heavy atom. The minimum absolute atomic E-state index is 0.509. The Morgan fingerprint density at radius 3 is 2.63 bits per heavy atom. The molecular weight excluding hydrogens is 232 g/mol. The molecule has 3 rings (SSSR count). The lowest BCUT2D eigenvalue weighted by atomic mass is 9.93. The molecule has 1 aliphatic carbocycles. The summed E-state index contributed by atoms with van der Waals surface area (Å²) < 4.78 is 0. The van der Waals surface area contributed by atoms with Gasteiger partial charge >= 0.3 is 0 Å². The summed E-state index contributed by atoms with van der Waals surface area (Å²) in [6, 6.07) is 12.6. The van der Waals surface area contributed by atoms with E-state index in [1.165, 1.54) is 35.1 Å². The van der Waals surface area contributed by atoms with Crippen LogP contribution in [0.5, 0.6) is 0 Å². The van der Waals surface area contributed by atoms with Gasteiger partial charge in [0.25, 0.3) is 0 Å². The third kappa shape index (κ3) is 2.19. The summed E-state index contributed by atoms with van der Waals surface area (Å²) in [4.78, 5) is 0. The van der Waals surface area contributed by atoms with E-state index < -0.39 is 6.10 Å². The second-order valence-electron chi connectivity index (χ2n) is 5.57. The maximum Gasteiger partial charge on any atom is 0.104 e. The molecule has 98 valence electrons. The smallest absolute Gasteiger partial charge is 0.104 e. The van der Waals surface area contributed by atoms with Crippen LogP contribution in [-0.2, 0) is 12.8 Å². The van der Waals surface area contributed by atoms with Crippen molar-refractivity contribution < 1.29 is 5.11 Å². The summed E-state index contributed by atoms with van der Waals surface area (Å²) in [5.74, 6) is 0. The molecule has 19 heavy (non-hydrogen) atoms. The Balaban J connectivity index is 2.00. The lowest BCUT2D eigenvalue weighted by Crippen LogP contribution is -2.03. The van der Waals surface area contributed by atoms with E-state index in [9.17, 15) is 5.11 Å². The first-order valence-electron chi connectivity index (χ1n) is 7.02. The van der Waals surface area contributed by atoms with Crippen molar-refractivity contribution in [2.24, 2.45) is 0 Å². The summed E-state index contributed by atoms with van der Waals surface area (Å²) in [5, 5.41) is 10.6. The lowest BCUT2D eigenvalue weighted by molar-refractivity contribution is 0.219. The van der Waals surface area contributed by atoms with E-state index in [1.54, 1.807) is 0 Å². The lowest BCUT2D eigenvalue weighted by Gasteiger charge is -2.16. The van der Waals surface area contributed by atoms with E-state index in [2.05, 4.69) is 38.1 Å². The van der Waals surface area contributed by atoms with Crippen molar-refractivity contribution >= 4 is 0 Å². The van der Waals surface area contributed by atoms with Crippen LogP contribution in [0.1, 0.15) is 45.9 Å². The zero-order valence-corrected chi connectivity index (χ0v) is 11.6. The number of hydrogen-bond donors (Lipinski definition) is 1. The van der Waals surface area contributed by atoms with Gasteiger partial charge in [-0.2, -0.15) is 0 Å². The van der Waals surface area contributed by atoms with Crippen LogP contribution in [0.2, 0.25) is 0 Å². The van der Waals surface area contributed by atoms with Gasteiger partial charge in [0.15, 0.2) is 0 Å². The molecule has 0 bridgehead atoms. The molecule has 2 aromatic rings. The Bertz CT molecular complexity index is 613. The molecule has 0 heterocycles. The van der Waals surface area contributed by atoms with E-state index in [-0.39, 0.29) is 0 Å². The molecule has 0 saturated heterocycles. The molecule has 0 aromatic heterocycles. The van der Waals surface area contributed by atoms with Crippen molar-refractivity contribution in [1.82, 2.24) is 0 Å². The molecule has 1 aliphatic rings. The van der Waals surface area contributed by atoms with Crippen molar-refractivity contribution in [3.05, 3.63) is 69.8 Å². The quantitative estimate of drug-likeness (QED) is 0.860. The van der Waals surface area contributed by atoms with Gasteiger partial charge < -0.3 is 5.11 Å². The molecule has 0 spiro atoms. The zero-order chi connectivity index (χ0) is 13.4. The molecule has 1 unspecified atom stereocenters. The van der Waals surface area contributed by atoms with E-state index in [4.69, 9.17) is 0 Å². The van der Waals surface area contributed by atoms with Gasteiger partial charge in [-0.3, -0.25) is 0 Å². The second-order valence-corrected chi connectivity index (χ2v) is 5.57. The van der Waals surface area contributed by atoms with Crippen molar-refractivity contribution in [2.45, 2.75) is 39.2 Å². The van der Waals surface area contributed by atoms with Gasteiger partial charge in [-0.25, -0.2) is 0 Å². The predicted octanol–water partition coefficient (Wildman–Crippen LogP) is 3.87. The van der Waals surface area contributed by atoms with Crippen LogP contribution < -0.4 is 0 Å². The van der Waals surface area contributed by atoms with E-state index >= 15 is 0 Å². The number of rotatable bonds is 2. The number of aryl methyl sites for hydroxylation is 3. The van der Waals surface area contributed by atoms with Crippen molar-refractivity contribution in [2.75, 3.05) is 0 Å². The Labute approximate surface area is 114 Å². The summed E-state index contributed by atoms with van der Waals surface area (Å²) in [6.45, 7) is 4.18. The van der Waals surface area contributed by atoms with Gasteiger partial charge in [0.1, 0.15) is 6.10 Å². The predicted molar refractivity (Wildman–Crippen MR) is 78.4 cm³/mol. The van der Waals surface area contributed by atoms with Gasteiger partial charge in [-0.1, -0.05) is 36.4 Å². The Hall–Kier alpha value is -1.60. The number of benzene rings is 2. The number of aliphatic hydroxyl groups is 1. The highest BCUT2D eigenvalue weighted by atomic mass is 16.3. The minimum atomic E-state index is -0.509. The zero-order valence-electron chi connectivity index (χ0n) is 11.6. The van der Waals surface area contributed by atoms with Crippen LogP contribution in [0.25, 0.3) is 0 Å². The van der Waals surface area contributed by atoms with Crippen molar-refractivity contribution in [3.63, 3.8) is 0 Å². The molecule has 1 N–H and O–H groups in total. The maximum atomic E-state index is 10.6. The van der Waals surface area contributed by atoms with Crippen molar-refractivity contribution in [3.8, 4) is 0 Å². The Morgan fingerprint density at radius 2 is 1.79 bits per heavy atom. The van der Waals surface area contributed by atoms with Crippen LogP contribution in [0.4, 0.5) is 0 Å². The van der Waals surface area contributed by atoms with Crippen LogP contribution in [-0.4, -0.2) is 5.11 Å². The molecule has 2 aromatic carbocycles. The van der Waals surface area contributed by atoms with Gasteiger partial charge in [-0.15, -0.1) is 0 Å². The fourth-order valence-electron chi connectivity index (χ4n) is 3.01. The van der Waals surface area contributed by atoms with Crippen LogP contribution in [0.15, 0.2) is 36.4 Å². The number of hydrogen-bond acceptors (Lipinski definition) is 1. The summed E-state index contributed by atoms with van der Waals surface area (Å²) in [5.41, 5.74) is 7.35. The normalized spacial score (nSPS) is 15.3. The third-order valence-corrected chi connectivity index (χ3v) is 4.38. The second kappa shape index (κ2) is 4.82. The molecule has 1 atom stereocenters. The Kier molecular flexibility index (Phi) is 3.16. The topological polar surface area (TPSA) is 20.2 Å². The molecule has 0 saturated carbocycles. The molecule has 1 nitrogen and oxygen atoms in total. The fraction of sp³-hybridized carbons (Fsp3) is 0.333. The van der Waals surface area contributed by atoms with E-state index in [1.807, 2.05) is 12.1 Å². The first kappa shape index (κ1) is 12.4. The molecule has 0 aliphatic heterocycles. The van der Waals surface area contributed by atoms with E-state index in [0.29, 0.717) is 0 Å². The molecular formula is C18H20O. The van der Waals surface area contributed by atoms with Gasteiger partial charge in [0.2, 0.25) is 0 Å². The molecule has 1 heteroatoms. The molecule has 0 radical (unpaired) electrons. The highest BCUT2D eigenvalue weighted by Crippen LogP contribution is 2.30. The van der Waals surface area contributed by atoms with Gasteiger partial charge in [0, 0.05) is 0 Å². The van der Waals surface area contributed by atoms with Crippen LogP contribution in [0.3, 0.4) is 0 Å². The summed E-state index contributed by atoms with van der Waals surface area (Å²) >= 11 is 0.